The lowest BCUT2D eigenvalue weighted by molar-refractivity contribution is -0.145. The molecule has 0 bridgehead atoms. The zero-order valence-corrected chi connectivity index (χ0v) is 19.8. The van der Waals surface area contributed by atoms with E-state index in [9.17, 15) is 18.4 Å². The molecule has 0 saturated carbocycles. The fourth-order valence-electron chi connectivity index (χ4n) is 3.57. The molecule has 1 unspecified atom stereocenters. The molecule has 3 aromatic rings. The highest BCUT2D eigenvalue weighted by Crippen LogP contribution is 2.29. The third-order valence-corrected chi connectivity index (χ3v) is 5.30. The third-order valence-electron chi connectivity index (χ3n) is 5.30. The molecular formula is C20H25ClF2N8O4. The molecule has 190 valence electrons. The number of benzene rings is 1. The van der Waals surface area contributed by atoms with Crippen molar-refractivity contribution < 1.29 is 23.0 Å². The van der Waals surface area contributed by atoms with Crippen LogP contribution in [0.5, 0.6) is 5.75 Å². The zero-order chi connectivity index (χ0) is 24.4. The van der Waals surface area contributed by atoms with E-state index in [1.165, 1.54) is 11.6 Å². The molecule has 1 aliphatic rings. The van der Waals surface area contributed by atoms with Gasteiger partial charge >= 0.3 is 5.97 Å². The van der Waals surface area contributed by atoms with E-state index >= 15 is 0 Å². The van der Waals surface area contributed by atoms with Crippen LogP contribution >= 0.6 is 12.4 Å². The smallest absolute Gasteiger partial charge is 0.322 e. The summed E-state index contributed by atoms with van der Waals surface area (Å²) in [6.45, 7) is 2.67. The van der Waals surface area contributed by atoms with Crippen molar-refractivity contribution >= 4 is 41.2 Å². The number of ether oxygens (including phenoxy) is 2. The summed E-state index contributed by atoms with van der Waals surface area (Å²) in [5.41, 5.74) is 5.30. The molecule has 1 aliphatic heterocycles. The fourth-order valence-corrected chi connectivity index (χ4v) is 3.57. The van der Waals surface area contributed by atoms with Gasteiger partial charge in [-0.3, -0.25) is 14.6 Å². The Balaban J connectivity index is 0.00000342. The Labute approximate surface area is 204 Å². The number of halogens is 3. The van der Waals surface area contributed by atoms with Gasteiger partial charge in [0.25, 0.3) is 5.56 Å². The van der Waals surface area contributed by atoms with Gasteiger partial charge in [0.15, 0.2) is 22.8 Å². The molecule has 15 heteroatoms. The molecule has 0 aliphatic carbocycles. The lowest BCUT2D eigenvalue weighted by atomic mass is 10.2. The van der Waals surface area contributed by atoms with Gasteiger partial charge < -0.3 is 25.0 Å². The number of piperazine rings is 1. The summed E-state index contributed by atoms with van der Waals surface area (Å²) in [5, 5.41) is 7.58. The second kappa shape index (κ2) is 10.8. The molecule has 1 saturated heterocycles. The topological polar surface area (TPSA) is 144 Å². The minimum Gasteiger partial charge on any atom is -0.490 e. The van der Waals surface area contributed by atoms with E-state index in [4.69, 9.17) is 15.2 Å². The van der Waals surface area contributed by atoms with Crippen molar-refractivity contribution in [3.8, 4) is 5.75 Å². The zero-order valence-electron chi connectivity index (χ0n) is 19.0. The van der Waals surface area contributed by atoms with Gasteiger partial charge in [0.2, 0.25) is 5.95 Å². The number of aromatic nitrogens is 5. The van der Waals surface area contributed by atoms with Crippen molar-refractivity contribution in [3.05, 3.63) is 34.1 Å². The number of aromatic amines is 1. The number of nitrogens with two attached hydrogens (primary N) is 1. The average molecular weight is 515 g/mol. The Morgan fingerprint density at radius 1 is 1.17 bits per heavy atom. The van der Waals surface area contributed by atoms with Crippen LogP contribution in [-0.2, 0) is 16.6 Å². The largest absolute Gasteiger partial charge is 0.490 e. The number of rotatable bonds is 7. The lowest BCUT2D eigenvalue weighted by Gasteiger charge is -2.36. The van der Waals surface area contributed by atoms with E-state index in [2.05, 4.69) is 20.3 Å². The van der Waals surface area contributed by atoms with Gasteiger partial charge in [0, 0.05) is 45.4 Å². The Kier molecular flexibility index (Phi) is 8.07. The van der Waals surface area contributed by atoms with E-state index in [1.807, 2.05) is 4.90 Å². The van der Waals surface area contributed by atoms with E-state index in [0.29, 0.717) is 37.8 Å². The second-order valence-corrected chi connectivity index (χ2v) is 7.79. The third kappa shape index (κ3) is 5.59. The van der Waals surface area contributed by atoms with Gasteiger partial charge in [0.05, 0.1) is 0 Å². The second-order valence-electron chi connectivity index (χ2n) is 7.79. The maximum absolute atomic E-state index is 14.7. The normalized spacial score (nSPS) is 14.5. The van der Waals surface area contributed by atoms with Gasteiger partial charge in [-0.15, -0.1) is 17.5 Å². The van der Waals surface area contributed by atoms with Crippen molar-refractivity contribution in [1.29, 1.82) is 0 Å². The molecule has 1 aromatic carbocycles. The predicted octanol–water partition coefficient (Wildman–Crippen LogP) is 0.347. The van der Waals surface area contributed by atoms with Gasteiger partial charge in [-0.2, -0.15) is 4.98 Å². The molecule has 1 fully saturated rings. The number of fused-ring (bicyclic) bond motifs is 1. The van der Waals surface area contributed by atoms with E-state index in [0.717, 1.165) is 12.1 Å². The molecule has 0 spiro atoms. The molecule has 3 N–H and O–H groups in total. The molecule has 3 heterocycles. The van der Waals surface area contributed by atoms with Crippen LogP contribution in [0.3, 0.4) is 0 Å². The quantitative estimate of drug-likeness (QED) is 0.334. The van der Waals surface area contributed by atoms with Gasteiger partial charge in [-0.1, -0.05) is 5.21 Å². The molecular weight excluding hydrogens is 490 g/mol. The van der Waals surface area contributed by atoms with Crippen molar-refractivity contribution in [2.75, 3.05) is 49.2 Å². The molecule has 1 atom stereocenters. The number of esters is 1. The number of carbonyl (C=O) groups is 1. The maximum atomic E-state index is 14.7. The molecule has 0 amide bonds. The SMILES string of the molecule is CC(N)C(=O)OCCOc1cc(F)c(N2CCN(c3nc4c(nnn4C)c(=O)[nH]3)CC2)c(F)c1.Cl. The molecule has 0 radical (unpaired) electrons. The first kappa shape index (κ1) is 26.1. The van der Waals surface area contributed by atoms with Crippen LogP contribution in [0, 0.1) is 11.6 Å². The van der Waals surface area contributed by atoms with Crippen molar-refractivity contribution in [1.82, 2.24) is 25.0 Å². The highest BCUT2D eigenvalue weighted by molar-refractivity contribution is 5.85. The highest BCUT2D eigenvalue weighted by atomic mass is 35.5. The minimum atomic E-state index is -0.773. The Morgan fingerprint density at radius 2 is 1.80 bits per heavy atom. The molecule has 4 rings (SSSR count). The number of H-pyrrole nitrogens is 1. The summed E-state index contributed by atoms with van der Waals surface area (Å²) < 4.78 is 41.0. The summed E-state index contributed by atoms with van der Waals surface area (Å²) >= 11 is 0. The first-order valence-electron chi connectivity index (χ1n) is 10.6. The number of hydrogen-bond donors (Lipinski definition) is 2. The van der Waals surface area contributed by atoms with E-state index < -0.39 is 29.2 Å². The van der Waals surface area contributed by atoms with Crippen LogP contribution < -0.4 is 25.8 Å². The Hall–Kier alpha value is -3.52. The number of aryl methyl sites for hydroxylation is 1. The fraction of sp³-hybridized carbons (Fsp3) is 0.450. The van der Waals surface area contributed by atoms with Crippen LogP contribution in [0.15, 0.2) is 16.9 Å². The van der Waals surface area contributed by atoms with Crippen LogP contribution in [-0.4, -0.2) is 76.4 Å². The predicted molar refractivity (Wildman–Crippen MR) is 125 cm³/mol. The monoisotopic (exact) mass is 514 g/mol. The number of carbonyl (C=O) groups excluding carboxylic acids is 1. The number of nitrogens with one attached hydrogen (secondary N) is 1. The first-order chi connectivity index (χ1) is 16.2. The summed E-state index contributed by atoms with van der Waals surface area (Å²) in [4.78, 5) is 34.0. The molecule has 35 heavy (non-hydrogen) atoms. The summed E-state index contributed by atoms with van der Waals surface area (Å²) in [6, 6.07) is 1.40. The van der Waals surface area contributed by atoms with Crippen molar-refractivity contribution in [2.45, 2.75) is 13.0 Å². The number of anilines is 2. The Morgan fingerprint density at radius 3 is 2.43 bits per heavy atom. The maximum Gasteiger partial charge on any atom is 0.322 e. The van der Waals surface area contributed by atoms with E-state index in [1.54, 1.807) is 11.9 Å². The number of hydrogen-bond acceptors (Lipinski definition) is 10. The lowest BCUT2D eigenvalue weighted by Crippen LogP contribution is -2.48. The van der Waals surface area contributed by atoms with Gasteiger partial charge in [0.1, 0.15) is 30.7 Å². The van der Waals surface area contributed by atoms with Crippen LogP contribution in [0.25, 0.3) is 11.2 Å². The number of nitrogens with zero attached hydrogens (tertiary/aromatic N) is 6. The Bertz CT molecular complexity index is 1240. The molecule has 2 aromatic heterocycles. The first-order valence-corrected chi connectivity index (χ1v) is 10.6. The summed E-state index contributed by atoms with van der Waals surface area (Å²) in [7, 11) is 1.63. The van der Waals surface area contributed by atoms with Gasteiger partial charge in [-0.25, -0.2) is 13.5 Å². The highest BCUT2D eigenvalue weighted by Gasteiger charge is 2.25. The van der Waals surface area contributed by atoms with Crippen LogP contribution in [0.4, 0.5) is 20.4 Å². The standard InChI is InChI=1S/C20H24F2N8O4.ClH/c1-11(23)19(32)34-8-7-33-12-9-13(21)16(14(22)10-12)29-3-5-30(6-4-29)20-24-17-15(18(31)25-20)26-27-28(17)2;/h9-11H,3-8,23H2,1-2H3,(H,24,25,31);1H. The van der Waals surface area contributed by atoms with E-state index in [-0.39, 0.29) is 42.6 Å². The van der Waals surface area contributed by atoms with Crippen molar-refractivity contribution in [2.24, 2.45) is 12.8 Å². The average Bonchev–Trinajstić information content (AvgIpc) is 3.18. The minimum absolute atomic E-state index is 0. The van der Waals surface area contributed by atoms with Crippen LogP contribution in [0.2, 0.25) is 0 Å². The van der Waals surface area contributed by atoms with Crippen LogP contribution in [0.1, 0.15) is 6.92 Å². The van der Waals surface area contributed by atoms with Gasteiger partial charge in [-0.05, 0) is 6.92 Å². The van der Waals surface area contributed by atoms with Crippen molar-refractivity contribution in [3.63, 3.8) is 0 Å². The molecule has 12 nitrogen and oxygen atoms in total. The summed E-state index contributed by atoms with van der Waals surface area (Å²) in [5.74, 6) is -1.81. The summed E-state index contributed by atoms with van der Waals surface area (Å²) in [6.07, 6.45) is 0.